The zero-order valence-electron chi connectivity index (χ0n) is 12.7. The first-order valence-corrected chi connectivity index (χ1v) is 7.60. The van der Waals surface area contributed by atoms with Gasteiger partial charge in [0.2, 0.25) is 0 Å². The third kappa shape index (κ3) is 4.75. The summed E-state index contributed by atoms with van der Waals surface area (Å²) >= 11 is 0. The highest BCUT2D eigenvalue weighted by molar-refractivity contribution is 5.03. The van der Waals surface area contributed by atoms with Crippen LogP contribution in [0.1, 0.15) is 53.4 Å². The van der Waals surface area contributed by atoms with Crippen LogP contribution in [-0.2, 0) is 0 Å². The largest absolute Gasteiger partial charge is 0.374 e. The van der Waals surface area contributed by atoms with Gasteiger partial charge in [0.1, 0.15) is 0 Å². The van der Waals surface area contributed by atoms with Crippen LogP contribution in [0.5, 0.6) is 0 Å². The molecule has 0 saturated carbocycles. The van der Waals surface area contributed by atoms with Crippen molar-refractivity contribution < 1.29 is 0 Å². The van der Waals surface area contributed by atoms with Crippen LogP contribution in [0.4, 0.5) is 0 Å². The van der Waals surface area contributed by atoms with E-state index in [1.807, 2.05) is 0 Å². The Balaban J connectivity index is 2.46. The predicted octanol–water partition coefficient (Wildman–Crippen LogP) is 4.01. The third-order valence-electron chi connectivity index (χ3n) is 3.90. The van der Waals surface area contributed by atoms with Crippen molar-refractivity contribution in [2.45, 2.75) is 53.4 Å². The Kier molecular flexibility index (Phi) is 6.92. The third-order valence-corrected chi connectivity index (χ3v) is 3.90. The molecule has 104 valence electrons. The van der Waals surface area contributed by atoms with E-state index in [1.165, 1.54) is 51.9 Å². The topological polar surface area (TPSA) is 6.48 Å². The Labute approximate surface area is 113 Å². The van der Waals surface area contributed by atoms with Crippen molar-refractivity contribution in [2.75, 3.05) is 26.2 Å². The van der Waals surface area contributed by atoms with E-state index in [4.69, 9.17) is 0 Å². The highest BCUT2D eigenvalue weighted by Gasteiger charge is 2.12. The lowest BCUT2D eigenvalue weighted by molar-refractivity contribution is 0.215. The first-order valence-electron chi connectivity index (χ1n) is 7.60. The molecule has 1 saturated heterocycles. The number of hydrogen-bond acceptors (Lipinski definition) is 2. The van der Waals surface area contributed by atoms with Crippen LogP contribution in [0.3, 0.4) is 0 Å². The fourth-order valence-electron chi connectivity index (χ4n) is 2.38. The van der Waals surface area contributed by atoms with E-state index in [2.05, 4.69) is 49.9 Å². The van der Waals surface area contributed by atoms with E-state index >= 15 is 0 Å². The average molecular weight is 250 g/mol. The number of rotatable bonds is 6. The van der Waals surface area contributed by atoms with Crippen molar-refractivity contribution >= 4 is 0 Å². The highest BCUT2D eigenvalue weighted by atomic mass is 15.2. The second-order valence-electron chi connectivity index (χ2n) is 5.06. The van der Waals surface area contributed by atoms with Crippen molar-refractivity contribution in [3.05, 3.63) is 23.5 Å². The van der Waals surface area contributed by atoms with Gasteiger partial charge >= 0.3 is 0 Å². The average Bonchev–Trinajstić information content (AvgIpc) is 2.43. The number of nitrogens with zero attached hydrogens (tertiary/aromatic N) is 2. The van der Waals surface area contributed by atoms with Crippen LogP contribution < -0.4 is 0 Å². The molecule has 0 aromatic heterocycles. The molecule has 0 unspecified atom stereocenters. The Morgan fingerprint density at radius 1 is 0.667 bits per heavy atom. The lowest BCUT2D eigenvalue weighted by Gasteiger charge is -2.34. The predicted molar refractivity (Wildman–Crippen MR) is 80.5 cm³/mol. The molecular formula is C16H30N2. The monoisotopic (exact) mass is 250 g/mol. The van der Waals surface area contributed by atoms with Gasteiger partial charge in [0.05, 0.1) is 0 Å². The standard InChI is InChI=1S/C16H30N2/c1-5-15(6-2)13-17-9-11-18(12-10-17)14-16(7-3)8-4/h13-14H,5-12H2,1-4H3. The first kappa shape index (κ1) is 15.1. The molecule has 0 aromatic rings. The van der Waals surface area contributed by atoms with E-state index in [9.17, 15) is 0 Å². The molecule has 18 heavy (non-hydrogen) atoms. The van der Waals surface area contributed by atoms with Crippen LogP contribution in [0.2, 0.25) is 0 Å². The lowest BCUT2D eigenvalue weighted by atomic mass is 10.1. The Hall–Kier alpha value is -0.920. The van der Waals surface area contributed by atoms with Gasteiger partial charge in [-0.05, 0) is 38.1 Å². The molecule has 1 heterocycles. The van der Waals surface area contributed by atoms with Crippen molar-refractivity contribution in [3.8, 4) is 0 Å². The van der Waals surface area contributed by atoms with Crippen LogP contribution >= 0.6 is 0 Å². The molecule has 0 N–H and O–H groups in total. The Morgan fingerprint density at radius 3 is 1.17 bits per heavy atom. The number of allylic oxidation sites excluding steroid dienone is 2. The second-order valence-corrected chi connectivity index (χ2v) is 5.06. The summed E-state index contributed by atoms with van der Waals surface area (Å²) < 4.78 is 0. The summed E-state index contributed by atoms with van der Waals surface area (Å²) in [5.41, 5.74) is 3.14. The molecule has 0 amide bonds. The Morgan fingerprint density at radius 2 is 0.944 bits per heavy atom. The summed E-state index contributed by atoms with van der Waals surface area (Å²) in [4.78, 5) is 4.98. The maximum absolute atomic E-state index is 2.49. The molecule has 0 aliphatic carbocycles. The zero-order valence-corrected chi connectivity index (χ0v) is 12.7. The summed E-state index contributed by atoms with van der Waals surface area (Å²) in [6.07, 6.45) is 9.53. The number of piperazine rings is 1. The van der Waals surface area contributed by atoms with E-state index in [1.54, 1.807) is 11.1 Å². The van der Waals surface area contributed by atoms with Gasteiger partial charge in [0, 0.05) is 26.2 Å². The summed E-state index contributed by atoms with van der Waals surface area (Å²) in [5, 5.41) is 0. The van der Waals surface area contributed by atoms with Crippen LogP contribution in [0.15, 0.2) is 23.5 Å². The Bertz CT molecular complexity index is 241. The van der Waals surface area contributed by atoms with Crippen LogP contribution in [-0.4, -0.2) is 36.0 Å². The number of hydrogen-bond donors (Lipinski definition) is 0. The molecule has 1 aliphatic heterocycles. The molecule has 0 radical (unpaired) electrons. The van der Waals surface area contributed by atoms with Crippen molar-refractivity contribution in [3.63, 3.8) is 0 Å². The van der Waals surface area contributed by atoms with Gasteiger partial charge in [-0.2, -0.15) is 0 Å². The first-order chi connectivity index (χ1) is 8.73. The maximum atomic E-state index is 2.49. The summed E-state index contributed by atoms with van der Waals surface area (Å²) in [7, 11) is 0. The van der Waals surface area contributed by atoms with Gasteiger partial charge in [-0.1, -0.05) is 38.8 Å². The molecule has 0 atom stereocenters. The van der Waals surface area contributed by atoms with Crippen molar-refractivity contribution in [2.24, 2.45) is 0 Å². The SMILES string of the molecule is CCC(=CN1CCN(C=C(CC)CC)CC1)CC. The van der Waals surface area contributed by atoms with E-state index in [0.29, 0.717) is 0 Å². The second kappa shape index (κ2) is 8.23. The fourth-order valence-corrected chi connectivity index (χ4v) is 2.38. The summed E-state index contributed by atoms with van der Waals surface area (Å²) in [5.74, 6) is 0. The molecule has 0 spiro atoms. The van der Waals surface area contributed by atoms with Gasteiger partial charge in [0.25, 0.3) is 0 Å². The minimum absolute atomic E-state index is 1.17. The van der Waals surface area contributed by atoms with Gasteiger partial charge in [-0.15, -0.1) is 0 Å². The van der Waals surface area contributed by atoms with E-state index in [0.717, 1.165) is 0 Å². The van der Waals surface area contributed by atoms with Crippen molar-refractivity contribution in [1.82, 2.24) is 9.80 Å². The minimum atomic E-state index is 1.17. The van der Waals surface area contributed by atoms with E-state index in [-0.39, 0.29) is 0 Å². The summed E-state index contributed by atoms with van der Waals surface area (Å²) in [6, 6.07) is 0. The van der Waals surface area contributed by atoms with Crippen LogP contribution in [0.25, 0.3) is 0 Å². The molecule has 2 heteroatoms. The van der Waals surface area contributed by atoms with E-state index < -0.39 is 0 Å². The van der Waals surface area contributed by atoms with Gasteiger partial charge in [-0.25, -0.2) is 0 Å². The quantitative estimate of drug-likeness (QED) is 0.703. The van der Waals surface area contributed by atoms with Gasteiger partial charge in [-0.3, -0.25) is 0 Å². The fraction of sp³-hybridized carbons (Fsp3) is 0.750. The summed E-state index contributed by atoms with van der Waals surface area (Å²) in [6.45, 7) is 13.7. The maximum Gasteiger partial charge on any atom is 0.0349 e. The molecule has 0 bridgehead atoms. The zero-order chi connectivity index (χ0) is 13.4. The highest BCUT2D eigenvalue weighted by Crippen LogP contribution is 2.12. The van der Waals surface area contributed by atoms with Gasteiger partial charge in [0.15, 0.2) is 0 Å². The smallest absolute Gasteiger partial charge is 0.0349 e. The van der Waals surface area contributed by atoms with Gasteiger partial charge < -0.3 is 9.80 Å². The molecule has 1 aliphatic rings. The van der Waals surface area contributed by atoms with Crippen LogP contribution in [0, 0.1) is 0 Å². The van der Waals surface area contributed by atoms with Crippen molar-refractivity contribution in [1.29, 1.82) is 0 Å². The minimum Gasteiger partial charge on any atom is -0.374 e. The normalized spacial score (nSPS) is 15.6. The lowest BCUT2D eigenvalue weighted by Crippen LogP contribution is -2.41. The molecule has 0 aromatic carbocycles. The molecule has 2 nitrogen and oxygen atoms in total. The molecule has 1 fully saturated rings. The molecular weight excluding hydrogens is 220 g/mol. The molecule has 1 rings (SSSR count).